The van der Waals surface area contributed by atoms with Gasteiger partial charge in [0.05, 0.1) is 16.1 Å². The van der Waals surface area contributed by atoms with Crippen molar-refractivity contribution in [1.82, 2.24) is 24.8 Å². The van der Waals surface area contributed by atoms with Crippen LogP contribution in [0.5, 0.6) is 11.8 Å². The first-order valence-electron chi connectivity index (χ1n) is 12.4. The molecule has 0 aliphatic carbocycles. The molecule has 0 radical (unpaired) electrons. The summed E-state index contributed by atoms with van der Waals surface area (Å²) in [4.78, 5) is 32.2. The maximum absolute atomic E-state index is 12.1. The van der Waals surface area contributed by atoms with Gasteiger partial charge in [-0.25, -0.2) is 4.98 Å². The second-order valence-corrected chi connectivity index (χ2v) is 9.81. The zero-order valence-corrected chi connectivity index (χ0v) is 22.1. The molecule has 10 heteroatoms. The van der Waals surface area contributed by atoms with E-state index >= 15 is 0 Å². The fourth-order valence-electron chi connectivity index (χ4n) is 4.57. The van der Waals surface area contributed by atoms with E-state index in [4.69, 9.17) is 26.3 Å². The molecule has 2 aromatic carbocycles. The van der Waals surface area contributed by atoms with Crippen molar-refractivity contribution in [2.75, 3.05) is 58.3 Å². The molecular weight excluding hydrogens is 504 g/mol. The molecule has 1 aliphatic rings. The van der Waals surface area contributed by atoms with Gasteiger partial charge in [-0.05, 0) is 49.1 Å². The van der Waals surface area contributed by atoms with Gasteiger partial charge in [-0.15, -0.1) is 0 Å². The van der Waals surface area contributed by atoms with Crippen LogP contribution in [0, 0.1) is 0 Å². The summed E-state index contributed by atoms with van der Waals surface area (Å²) < 4.78 is 5.92. The van der Waals surface area contributed by atoms with E-state index in [0.717, 1.165) is 10.8 Å². The maximum atomic E-state index is 12.1. The highest BCUT2D eigenvalue weighted by atomic mass is 35.5. The zero-order chi connectivity index (χ0) is 26.8. The lowest BCUT2D eigenvalue weighted by molar-refractivity contribution is -0.126. The molecule has 0 atom stereocenters. The highest BCUT2D eigenvalue weighted by molar-refractivity contribution is 6.34. The number of hydrogen-bond acceptors (Lipinski definition) is 8. The molecule has 0 spiro atoms. The molecule has 1 N–H and O–H groups in total. The van der Waals surface area contributed by atoms with Crippen LogP contribution in [0.15, 0.2) is 55.1 Å². The summed E-state index contributed by atoms with van der Waals surface area (Å²) in [6, 6.07) is 13.2. The van der Waals surface area contributed by atoms with E-state index in [1.54, 1.807) is 17.0 Å². The summed E-state index contributed by atoms with van der Waals surface area (Å²) in [6.07, 6.45) is 1.34. The van der Waals surface area contributed by atoms with Gasteiger partial charge in [0.2, 0.25) is 5.91 Å². The number of likely N-dealkylation sites (N-methyl/N-ethyl adjacent to an activating group) is 1. The summed E-state index contributed by atoms with van der Waals surface area (Å²) >= 11 is 6.82. The predicted molar refractivity (Wildman–Crippen MR) is 150 cm³/mol. The Labute approximate surface area is 225 Å². The Balaban J connectivity index is 1.60. The molecule has 196 valence electrons. The highest BCUT2D eigenvalue weighted by Gasteiger charge is 2.24. The number of carbonyl (C=O) groups excluding carboxylic acids is 1. The molecule has 1 saturated heterocycles. The number of fused-ring (bicyclic) bond motifs is 2. The Morgan fingerprint density at radius 2 is 1.87 bits per heavy atom. The molecule has 0 unspecified atom stereocenters. The largest absolute Gasteiger partial charge is 0.508 e. The average Bonchev–Trinajstić information content (AvgIpc) is 2.91. The summed E-state index contributed by atoms with van der Waals surface area (Å²) in [6.45, 7) is 6.96. The lowest BCUT2D eigenvalue weighted by Gasteiger charge is -2.35. The van der Waals surface area contributed by atoms with Crippen molar-refractivity contribution >= 4 is 45.1 Å². The third kappa shape index (κ3) is 5.20. The van der Waals surface area contributed by atoms with Crippen molar-refractivity contribution in [3.8, 4) is 23.0 Å². The van der Waals surface area contributed by atoms with Crippen molar-refractivity contribution in [2.45, 2.75) is 0 Å². The van der Waals surface area contributed by atoms with Gasteiger partial charge < -0.3 is 24.5 Å². The van der Waals surface area contributed by atoms with Gasteiger partial charge in [0, 0.05) is 38.3 Å². The van der Waals surface area contributed by atoms with Gasteiger partial charge in [-0.3, -0.25) is 4.79 Å². The molecule has 38 heavy (non-hydrogen) atoms. The van der Waals surface area contributed by atoms with Gasteiger partial charge in [0.15, 0.2) is 5.65 Å². The molecule has 5 rings (SSSR count). The molecule has 1 aliphatic heterocycles. The minimum absolute atomic E-state index is 0.0856. The number of phenols is 1. The fraction of sp³-hybridized carbons (Fsp3) is 0.286. The monoisotopic (exact) mass is 532 g/mol. The molecule has 1 amide bonds. The molecule has 3 heterocycles. The van der Waals surface area contributed by atoms with E-state index in [0.29, 0.717) is 72.5 Å². The Morgan fingerprint density at radius 3 is 2.61 bits per heavy atom. The lowest BCUT2D eigenvalue weighted by Crippen LogP contribution is -2.48. The molecular formula is C28H29ClN6O3. The number of rotatable bonds is 7. The van der Waals surface area contributed by atoms with E-state index in [-0.39, 0.29) is 17.7 Å². The number of phenolic OH excluding ortho intramolecular Hbond substituents is 1. The smallest absolute Gasteiger partial charge is 0.320 e. The second-order valence-electron chi connectivity index (χ2n) is 9.40. The van der Waals surface area contributed by atoms with E-state index in [9.17, 15) is 9.90 Å². The second kappa shape index (κ2) is 10.8. The van der Waals surface area contributed by atoms with Crippen molar-refractivity contribution < 1.29 is 14.6 Å². The fourth-order valence-corrected chi connectivity index (χ4v) is 4.82. The van der Waals surface area contributed by atoms with Crippen LogP contribution in [0.4, 0.5) is 5.82 Å². The number of carbonyl (C=O) groups is 1. The minimum Gasteiger partial charge on any atom is -0.508 e. The number of piperazine rings is 1. The summed E-state index contributed by atoms with van der Waals surface area (Å²) in [5.41, 5.74) is 1.65. The number of nitrogens with zero attached hydrogens (tertiary/aromatic N) is 6. The van der Waals surface area contributed by atoms with Crippen molar-refractivity contribution in [3.63, 3.8) is 0 Å². The quantitative estimate of drug-likeness (QED) is 0.357. The Morgan fingerprint density at radius 1 is 1.11 bits per heavy atom. The number of aromatic nitrogens is 3. The van der Waals surface area contributed by atoms with E-state index in [1.807, 2.05) is 49.3 Å². The third-order valence-corrected chi connectivity index (χ3v) is 6.82. The summed E-state index contributed by atoms with van der Waals surface area (Å²) in [5.74, 6) is 0.694. The predicted octanol–water partition coefficient (Wildman–Crippen LogP) is 3.98. The van der Waals surface area contributed by atoms with Crippen LogP contribution >= 0.6 is 11.6 Å². The van der Waals surface area contributed by atoms with Crippen molar-refractivity contribution in [1.29, 1.82) is 0 Å². The van der Waals surface area contributed by atoms with E-state index in [2.05, 4.69) is 16.5 Å². The molecule has 9 nitrogen and oxygen atoms in total. The molecule has 0 bridgehead atoms. The van der Waals surface area contributed by atoms with Crippen LogP contribution in [0.3, 0.4) is 0 Å². The van der Waals surface area contributed by atoms with Gasteiger partial charge in [-0.1, -0.05) is 42.4 Å². The Kier molecular flexibility index (Phi) is 7.31. The van der Waals surface area contributed by atoms with Crippen molar-refractivity contribution in [3.05, 3.63) is 60.1 Å². The van der Waals surface area contributed by atoms with Crippen LogP contribution in [0.2, 0.25) is 5.02 Å². The first kappa shape index (κ1) is 25.7. The first-order chi connectivity index (χ1) is 18.3. The topological polar surface area (TPSA) is 94.9 Å². The standard InChI is InChI=1S/C28H29ClN6O3/c1-4-24(37)34-9-11-35(12-10-34)27-22-17-23(29)25(21-16-19(36)15-18-7-5-6-8-20(18)21)30-26(22)31-28(32-27)38-14-13-33(2)3/h4-8,15-17,36H,1,9-14H2,2-3H3. The number of aromatic hydroxyl groups is 1. The Bertz CT molecular complexity index is 1520. The van der Waals surface area contributed by atoms with Crippen LogP contribution in [0.1, 0.15) is 0 Å². The van der Waals surface area contributed by atoms with Crippen LogP contribution in [-0.2, 0) is 4.79 Å². The SMILES string of the molecule is C=CC(=O)N1CCN(c2nc(OCCN(C)C)nc3nc(-c4cc(O)cc5ccccc45)c(Cl)cc23)CC1. The number of ether oxygens (including phenoxy) is 1. The normalized spacial score (nSPS) is 13.9. The zero-order valence-electron chi connectivity index (χ0n) is 21.4. The van der Waals surface area contributed by atoms with Crippen LogP contribution in [0.25, 0.3) is 33.1 Å². The number of halogens is 1. The van der Waals surface area contributed by atoms with Gasteiger partial charge in [-0.2, -0.15) is 9.97 Å². The first-order valence-corrected chi connectivity index (χ1v) is 12.8. The van der Waals surface area contributed by atoms with Crippen LogP contribution in [-0.4, -0.2) is 89.2 Å². The molecule has 1 fully saturated rings. The number of benzene rings is 2. The summed E-state index contributed by atoms with van der Waals surface area (Å²) in [7, 11) is 3.94. The average molecular weight is 533 g/mol. The van der Waals surface area contributed by atoms with Crippen LogP contribution < -0.4 is 9.64 Å². The molecule has 4 aromatic rings. The van der Waals surface area contributed by atoms with Gasteiger partial charge in [0.25, 0.3) is 0 Å². The van der Waals surface area contributed by atoms with E-state index in [1.165, 1.54) is 6.08 Å². The van der Waals surface area contributed by atoms with E-state index < -0.39 is 0 Å². The molecule has 2 aromatic heterocycles. The van der Waals surface area contributed by atoms with Crippen molar-refractivity contribution in [2.24, 2.45) is 0 Å². The highest BCUT2D eigenvalue weighted by Crippen LogP contribution is 2.38. The number of hydrogen-bond donors (Lipinski definition) is 1. The van der Waals surface area contributed by atoms with Gasteiger partial charge in [0.1, 0.15) is 18.2 Å². The number of amides is 1. The van der Waals surface area contributed by atoms with Gasteiger partial charge >= 0.3 is 6.01 Å². The third-order valence-electron chi connectivity index (χ3n) is 6.54. The molecule has 0 saturated carbocycles. The maximum Gasteiger partial charge on any atom is 0.320 e. The number of anilines is 1. The lowest BCUT2D eigenvalue weighted by atomic mass is 10.0. The minimum atomic E-state index is -0.0856. The summed E-state index contributed by atoms with van der Waals surface area (Å²) in [5, 5.41) is 13.3. The number of pyridine rings is 1. The Hall–Kier alpha value is -3.95.